The summed E-state index contributed by atoms with van der Waals surface area (Å²) in [7, 11) is 0. The van der Waals surface area contributed by atoms with Crippen LogP contribution in [0, 0.1) is 0 Å². The number of hydrogen-bond acceptors (Lipinski definition) is 1. The first-order valence-corrected chi connectivity index (χ1v) is 0.926. The zero-order valence-electron chi connectivity index (χ0n) is 4.37. The van der Waals surface area contributed by atoms with Gasteiger partial charge in [0, 0.05) is 0 Å². The van der Waals surface area contributed by atoms with E-state index in [0.29, 0.717) is 0 Å². The molecule has 32 valence electrons. The molecule has 0 fully saturated rings. The molecule has 0 saturated carbocycles. The molecule has 0 aromatic rings. The van der Waals surface area contributed by atoms with Gasteiger partial charge in [0.25, 0.3) is 0 Å². The third-order valence-corrected chi connectivity index (χ3v) is 0. The molecule has 0 aromatic carbocycles. The molecule has 5 heavy (non-hydrogen) atoms. The Bertz CT molecular complexity index is 13.7. The van der Waals surface area contributed by atoms with E-state index >= 15 is 0 Å². The van der Waals surface area contributed by atoms with E-state index in [2.05, 4.69) is 27.6 Å². The number of rotatable bonds is 0. The maximum Gasteiger partial charge on any atom is 2.00 e. The largest absolute Gasteiger partial charge is 2.00 e. The van der Waals surface area contributed by atoms with Gasteiger partial charge in [-0.3, -0.25) is 0 Å². The quantitative estimate of drug-likeness (QED) is 0.455. The van der Waals surface area contributed by atoms with Crippen molar-refractivity contribution in [3.8, 4) is 0 Å². The second-order valence-electron chi connectivity index (χ2n) is 0.0583. The average Bonchev–Trinajstić information content (AvgIpc) is 0.918. The van der Waals surface area contributed by atoms with E-state index in [0.717, 1.165) is 0 Å². The van der Waals surface area contributed by atoms with Crippen LogP contribution in [0.1, 0.15) is 2.85 Å². The Morgan fingerprint density at radius 3 is 1.40 bits per heavy atom. The van der Waals surface area contributed by atoms with E-state index in [-0.39, 0.29) is 46.1 Å². The van der Waals surface area contributed by atoms with Crippen LogP contribution in [0.2, 0.25) is 0 Å². The van der Waals surface area contributed by atoms with E-state index in [1.807, 2.05) is 0 Å². The first kappa shape index (κ1) is 15.9. The topological polar surface area (TPSA) is 40.7 Å². The molecule has 0 unspecified atom stereocenters. The van der Waals surface area contributed by atoms with Gasteiger partial charge in [0.1, 0.15) is 0 Å². The van der Waals surface area contributed by atoms with Crippen LogP contribution in [0.15, 0.2) is 0 Å². The SMILES string of the molecule is ClOCl.O.[Ca+2].[H-].[H-]. The molecule has 2 N–H and O–H groups in total. The first-order chi connectivity index (χ1) is 1.41. The van der Waals surface area contributed by atoms with Gasteiger partial charge in [-0.1, -0.05) is 0 Å². The van der Waals surface area contributed by atoms with Crippen LogP contribution in [-0.4, -0.2) is 43.2 Å². The smallest absolute Gasteiger partial charge is 1.00 e. The van der Waals surface area contributed by atoms with E-state index in [1.54, 1.807) is 0 Å². The molecule has 0 amide bonds. The van der Waals surface area contributed by atoms with E-state index < -0.39 is 0 Å². The van der Waals surface area contributed by atoms with Crippen LogP contribution in [-0.2, 0) is 3.84 Å². The summed E-state index contributed by atoms with van der Waals surface area (Å²) >= 11 is 8.53. The summed E-state index contributed by atoms with van der Waals surface area (Å²) in [5, 5.41) is 0. The van der Waals surface area contributed by atoms with Crippen LogP contribution in [0.4, 0.5) is 0 Å². The van der Waals surface area contributed by atoms with Crippen molar-refractivity contribution < 1.29 is 12.2 Å². The van der Waals surface area contributed by atoms with E-state index in [1.165, 1.54) is 0 Å². The standard InChI is InChI=1S/Ca.Cl2O.H2O.2H/c;1-3-2;;;/h;;1H2;;/q+2;;;2*-1. The molecule has 2 nitrogen and oxygen atoms in total. The van der Waals surface area contributed by atoms with Gasteiger partial charge >= 0.3 is 37.7 Å². The summed E-state index contributed by atoms with van der Waals surface area (Å²) in [5.41, 5.74) is 0. The molecule has 0 rings (SSSR count). The number of halogens is 2. The van der Waals surface area contributed by atoms with Gasteiger partial charge in [-0.05, 0) is 0 Å². The van der Waals surface area contributed by atoms with E-state index in [9.17, 15) is 0 Å². The summed E-state index contributed by atoms with van der Waals surface area (Å²) in [4.78, 5) is 0. The second kappa shape index (κ2) is 17.1. The third-order valence-electron chi connectivity index (χ3n) is 0. The van der Waals surface area contributed by atoms with Crippen LogP contribution >= 0.6 is 23.7 Å². The Balaban J connectivity index is -0.00000000333. The van der Waals surface area contributed by atoms with Crippen molar-refractivity contribution in [3.63, 3.8) is 0 Å². The molecule has 0 aliphatic carbocycles. The fourth-order valence-corrected chi connectivity index (χ4v) is 0. The third kappa shape index (κ3) is 26.3. The Kier molecular flexibility index (Phi) is 54.4. The molecule has 0 aliphatic rings. The Morgan fingerprint density at radius 1 is 1.40 bits per heavy atom. The molecule has 0 heterocycles. The zero-order valence-corrected chi connectivity index (χ0v) is 6.09. The average molecular weight is 147 g/mol. The van der Waals surface area contributed by atoms with Gasteiger partial charge in [0.05, 0.1) is 23.7 Å². The minimum Gasteiger partial charge on any atom is -1.00 e. The van der Waals surface area contributed by atoms with Crippen LogP contribution in [0.5, 0.6) is 0 Å². The molecule has 0 radical (unpaired) electrons. The van der Waals surface area contributed by atoms with Crippen molar-refractivity contribution in [2.75, 3.05) is 0 Å². The molecular weight excluding hydrogens is 143 g/mol. The van der Waals surface area contributed by atoms with Crippen LogP contribution in [0.3, 0.4) is 0 Å². The summed E-state index contributed by atoms with van der Waals surface area (Å²) in [6.45, 7) is 0. The monoisotopic (exact) mass is 146 g/mol. The summed E-state index contributed by atoms with van der Waals surface area (Å²) in [5.74, 6) is 0. The molecule has 0 saturated heterocycles. The van der Waals surface area contributed by atoms with Crippen molar-refractivity contribution >= 4 is 61.5 Å². The van der Waals surface area contributed by atoms with Gasteiger partial charge in [-0.25, -0.2) is 0 Å². The maximum absolute atomic E-state index is 4.26. The Hall–Kier alpha value is 1.76. The van der Waals surface area contributed by atoms with Gasteiger partial charge in [-0.15, -0.1) is 0 Å². The minimum atomic E-state index is 0. The summed E-state index contributed by atoms with van der Waals surface area (Å²) < 4.78 is 3.19. The van der Waals surface area contributed by atoms with Gasteiger partial charge in [-0.2, -0.15) is 3.84 Å². The normalized spacial score (nSPS) is 3.60. The van der Waals surface area contributed by atoms with Gasteiger partial charge in [0.2, 0.25) is 0 Å². The summed E-state index contributed by atoms with van der Waals surface area (Å²) in [6.07, 6.45) is 0. The van der Waals surface area contributed by atoms with Crippen molar-refractivity contribution in [2.24, 2.45) is 0 Å². The molecular formula is H4CaCl2O2. The molecule has 0 spiro atoms. The fourth-order valence-electron chi connectivity index (χ4n) is 0. The Morgan fingerprint density at radius 2 is 1.40 bits per heavy atom. The van der Waals surface area contributed by atoms with Crippen molar-refractivity contribution in [1.82, 2.24) is 0 Å². The Labute approximate surface area is 73.0 Å². The van der Waals surface area contributed by atoms with Gasteiger partial charge < -0.3 is 8.33 Å². The van der Waals surface area contributed by atoms with Gasteiger partial charge in [0.15, 0.2) is 0 Å². The van der Waals surface area contributed by atoms with Crippen molar-refractivity contribution in [1.29, 1.82) is 0 Å². The zero-order chi connectivity index (χ0) is 2.71. The van der Waals surface area contributed by atoms with Crippen molar-refractivity contribution in [3.05, 3.63) is 0 Å². The molecule has 0 bridgehead atoms. The molecule has 0 aliphatic heterocycles. The second-order valence-corrected chi connectivity index (χ2v) is 0.525. The van der Waals surface area contributed by atoms with Crippen LogP contribution < -0.4 is 0 Å². The molecule has 5 heteroatoms. The minimum absolute atomic E-state index is 0. The predicted molar refractivity (Wildman–Crippen MR) is 24.4 cm³/mol. The van der Waals surface area contributed by atoms with Crippen LogP contribution in [0.25, 0.3) is 0 Å². The predicted octanol–water partition coefficient (Wildman–Crippen LogP) is 0.330. The maximum atomic E-state index is 4.26. The first-order valence-electron chi connectivity index (χ1n) is 0.309. The summed E-state index contributed by atoms with van der Waals surface area (Å²) in [6, 6.07) is 0. The number of hydrogen-bond donors (Lipinski definition) is 0. The molecule has 0 atom stereocenters. The van der Waals surface area contributed by atoms with E-state index in [4.69, 9.17) is 0 Å². The molecule has 0 aromatic heterocycles. The fraction of sp³-hybridized carbons (Fsp3) is 0. The van der Waals surface area contributed by atoms with Crippen molar-refractivity contribution in [2.45, 2.75) is 0 Å².